The van der Waals surface area contributed by atoms with Gasteiger partial charge in [-0.05, 0) is 39.7 Å². The summed E-state index contributed by atoms with van der Waals surface area (Å²) in [5, 5.41) is 4.53. The Bertz CT molecular complexity index is 646. The molecule has 6 heteroatoms. The number of rotatable bonds is 4. The molecule has 0 radical (unpaired) electrons. The largest absolute Gasteiger partial charge is 0.336 e. The number of hydrogen-bond donors (Lipinski definition) is 0. The van der Waals surface area contributed by atoms with Gasteiger partial charge in [0, 0.05) is 24.6 Å². The van der Waals surface area contributed by atoms with Gasteiger partial charge in [-0.2, -0.15) is 5.10 Å². The van der Waals surface area contributed by atoms with Crippen molar-refractivity contribution in [2.24, 2.45) is 0 Å². The predicted octanol–water partition coefficient (Wildman–Crippen LogP) is 1.95. The Morgan fingerprint density at radius 3 is 2.91 bits per heavy atom. The summed E-state index contributed by atoms with van der Waals surface area (Å²) < 4.78 is 3.88. The maximum absolute atomic E-state index is 12.8. The van der Waals surface area contributed by atoms with E-state index >= 15 is 0 Å². The number of amides is 1. The lowest BCUT2D eigenvalue weighted by Gasteiger charge is -2.28. The van der Waals surface area contributed by atoms with E-state index in [4.69, 9.17) is 0 Å². The number of aryl methyl sites for hydroxylation is 2. The molecule has 2 atom stereocenters. The average molecular weight is 301 g/mol. The van der Waals surface area contributed by atoms with E-state index in [1.807, 2.05) is 34.2 Å². The van der Waals surface area contributed by atoms with Crippen LogP contribution in [0.4, 0.5) is 0 Å². The SMILES string of the molecule is Cc1cc(C)n(C[C@@H]2CCCN2C(=O)[C@@H](C)n2ccnc2)n1. The lowest BCUT2D eigenvalue weighted by molar-refractivity contribution is -0.135. The Kier molecular flexibility index (Phi) is 4.00. The number of imidazole rings is 1. The predicted molar refractivity (Wildman–Crippen MR) is 83.4 cm³/mol. The highest BCUT2D eigenvalue weighted by molar-refractivity contribution is 5.80. The Balaban J connectivity index is 1.72. The van der Waals surface area contributed by atoms with Crippen LogP contribution in [0.25, 0.3) is 0 Å². The molecular formula is C16H23N5O. The smallest absolute Gasteiger partial charge is 0.245 e. The lowest BCUT2D eigenvalue weighted by Crippen LogP contribution is -2.41. The number of likely N-dealkylation sites (tertiary alicyclic amines) is 1. The molecule has 6 nitrogen and oxygen atoms in total. The maximum Gasteiger partial charge on any atom is 0.245 e. The van der Waals surface area contributed by atoms with E-state index in [-0.39, 0.29) is 18.0 Å². The molecule has 0 unspecified atom stereocenters. The van der Waals surface area contributed by atoms with Gasteiger partial charge >= 0.3 is 0 Å². The Labute approximate surface area is 130 Å². The van der Waals surface area contributed by atoms with Gasteiger partial charge in [-0.15, -0.1) is 0 Å². The lowest BCUT2D eigenvalue weighted by atomic mass is 10.2. The van der Waals surface area contributed by atoms with E-state index in [0.29, 0.717) is 0 Å². The second-order valence-corrected chi connectivity index (χ2v) is 6.12. The molecule has 118 valence electrons. The first-order valence-electron chi connectivity index (χ1n) is 7.85. The molecule has 1 amide bonds. The fraction of sp³-hybridized carbons (Fsp3) is 0.562. The van der Waals surface area contributed by atoms with Crippen LogP contribution >= 0.6 is 0 Å². The summed E-state index contributed by atoms with van der Waals surface area (Å²) in [4.78, 5) is 18.8. The zero-order valence-corrected chi connectivity index (χ0v) is 13.4. The summed E-state index contributed by atoms with van der Waals surface area (Å²) in [6.07, 6.45) is 7.36. The van der Waals surface area contributed by atoms with Crippen molar-refractivity contribution in [3.8, 4) is 0 Å². The van der Waals surface area contributed by atoms with Gasteiger partial charge in [-0.3, -0.25) is 9.48 Å². The third-order valence-electron chi connectivity index (χ3n) is 4.48. The van der Waals surface area contributed by atoms with Crippen molar-refractivity contribution in [1.29, 1.82) is 0 Å². The molecule has 1 fully saturated rings. The first-order chi connectivity index (χ1) is 10.6. The molecule has 1 saturated heterocycles. The molecule has 22 heavy (non-hydrogen) atoms. The summed E-state index contributed by atoms with van der Waals surface area (Å²) in [5.41, 5.74) is 2.18. The van der Waals surface area contributed by atoms with Gasteiger partial charge in [0.05, 0.1) is 24.6 Å². The van der Waals surface area contributed by atoms with Crippen LogP contribution in [0.5, 0.6) is 0 Å². The van der Waals surface area contributed by atoms with Gasteiger partial charge in [-0.1, -0.05) is 0 Å². The maximum atomic E-state index is 12.8. The Morgan fingerprint density at radius 1 is 1.45 bits per heavy atom. The first kappa shape index (κ1) is 14.8. The normalized spacial score (nSPS) is 19.6. The number of aromatic nitrogens is 4. The summed E-state index contributed by atoms with van der Waals surface area (Å²) in [6.45, 7) is 7.62. The van der Waals surface area contributed by atoms with Crippen molar-refractivity contribution < 1.29 is 4.79 Å². The monoisotopic (exact) mass is 301 g/mol. The van der Waals surface area contributed by atoms with Crippen molar-refractivity contribution >= 4 is 5.91 Å². The number of carbonyl (C=O) groups excluding carboxylic acids is 1. The van der Waals surface area contributed by atoms with Crippen LogP contribution < -0.4 is 0 Å². The van der Waals surface area contributed by atoms with Gasteiger partial charge in [0.2, 0.25) is 5.91 Å². The Hall–Kier alpha value is -2.11. The van der Waals surface area contributed by atoms with Crippen LogP contribution in [0, 0.1) is 13.8 Å². The van der Waals surface area contributed by atoms with E-state index < -0.39 is 0 Å². The van der Waals surface area contributed by atoms with E-state index in [0.717, 1.165) is 37.3 Å². The topological polar surface area (TPSA) is 56.0 Å². The molecule has 2 aromatic rings. The van der Waals surface area contributed by atoms with Crippen LogP contribution in [0.2, 0.25) is 0 Å². The van der Waals surface area contributed by atoms with Gasteiger partial charge < -0.3 is 9.47 Å². The molecule has 1 aliphatic rings. The third kappa shape index (κ3) is 2.77. The first-order valence-corrected chi connectivity index (χ1v) is 7.85. The molecule has 0 N–H and O–H groups in total. The standard InChI is InChI=1S/C16H23N5O/c1-12-9-13(2)21(18-12)10-15-5-4-7-20(15)16(22)14(3)19-8-6-17-11-19/h6,8-9,11,14-15H,4-5,7,10H2,1-3H3/t14-,15+/m1/s1. The van der Waals surface area contributed by atoms with Crippen LogP contribution in [-0.4, -0.2) is 42.7 Å². The van der Waals surface area contributed by atoms with Gasteiger partial charge in [0.15, 0.2) is 0 Å². The Morgan fingerprint density at radius 2 is 2.27 bits per heavy atom. The minimum Gasteiger partial charge on any atom is -0.336 e. The second kappa shape index (κ2) is 5.94. The van der Waals surface area contributed by atoms with Crippen molar-refractivity contribution in [2.75, 3.05) is 6.54 Å². The summed E-state index contributed by atoms with van der Waals surface area (Å²) in [5.74, 6) is 0.169. The molecule has 0 saturated carbocycles. The van der Waals surface area contributed by atoms with E-state index in [9.17, 15) is 4.79 Å². The third-order valence-corrected chi connectivity index (χ3v) is 4.48. The molecule has 3 heterocycles. The van der Waals surface area contributed by atoms with E-state index in [2.05, 4.69) is 23.1 Å². The van der Waals surface area contributed by atoms with Crippen molar-refractivity contribution in [2.45, 2.75) is 52.2 Å². The second-order valence-electron chi connectivity index (χ2n) is 6.12. The van der Waals surface area contributed by atoms with E-state index in [1.54, 1.807) is 12.5 Å². The van der Waals surface area contributed by atoms with Crippen molar-refractivity contribution in [3.05, 3.63) is 36.2 Å². The minimum atomic E-state index is -0.205. The fourth-order valence-corrected chi connectivity index (χ4v) is 3.24. The number of hydrogen-bond acceptors (Lipinski definition) is 3. The number of carbonyl (C=O) groups is 1. The van der Waals surface area contributed by atoms with Crippen LogP contribution in [0.15, 0.2) is 24.8 Å². The van der Waals surface area contributed by atoms with Crippen LogP contribution in [-0.2, 0) is 11.3 Å². The summed E-state index contributed by atoms with van der Waals surface area (Å²) >= 11 is 0. The zero-order chi connectivity index (χ0) is 15.7. The quantitative estimate of drug-likeness (QED) is 0.867. The molecule has 0 aliphatic carbocycles. The average Bonchev–Trinajstić information content (AvgIpc) is 3.20. The van der Waals surface area contributed by atoms with Crippen molar-refractivity contribution in [1.82, 2.24) is 24.2 Å². The number of nitrogens with zero attached hydrogens (tertiary/aromatic N) is 5. The fourth-order valence-electron chi connectivity index (χ4n) is 3.24. The summed E-state index contributed by atoms with van der Waals surface area (Å²) in [7, 11) is 0. The van der Waals surface area contributed by atoms with Gasteiger partial charge in [0.25, 0.3) is 0 Å². The van der Waals surface area contributed by atoms with Gasteiger partial charge in [0.1, 0.15) is 6.04 Å². The molecular weight excluding hydrogens is 278 g/mol. The molecule has 0 spiro atoms. The van der Waals surface area contributed by atoms with E-state index in [1.165, 1.54) is 0 Å². The molecule has 2 aromatic heterocycles. The molecule has 3 rings (SSSR count). The highest BCUT2D eigenvalue weighted by atomic mass is 16.2. The van der Waals surface area contributed by atoms with Crippen molar-refractivity contribution in [3.63, 3.8) is 0 Å². The zero-order valence-electron chi connectivity index (χ0n) is 13.4. The molecule has 0 aromatic carbocycles. The van der Waals surface area contributed by atoms with Crippen LogP contribution in [0.3, 0.4) is 0 Å². The highest BCUT2D eigenvalue weighted by Crippen LogP contribution is 2.23. The summed E-state index contributed by atoms with van der Waals surface area (Å²) in [6, 6.07) is 2.11. The highest BCUT2D eigenvalue weighted by Gasteiger charge is 2.32. The minimum absolute atomic E-state index is 0.169. The molecule has 0 bridgehead atoms. The van der Waals surface area contributed by atoms with Gasteiger partial charge in [-0.25, -0.2) is 4.98 Å². The van der Waals surface area contributed by atoms with Crippen LogP contribution in [0.1, 0.15) is 37.2 Å². The molecule has 1 aliphatic heterocycles.